The maximum atomic E-state index is 11.6. The Hall–Kier alpha value is -2.10. The lowest BCUT2D eigenvalue weighted by atomic mass is 9.92. The smallest absolute Gasteiger partial charge is 0.387 e. The summed E-state index contributed by atoms with van der Waals surface area (Å²) in [4.78, 5) is 13.3. The van der Waals surface area contributed by atoms with Crippen molar-refractivity contribution in [3.05, 3.63) is 24.2 Å². The number of ether oxygens (including phenoxy) is 1. The third kappa shape index (κ3) is 3.30. The fraction of sp³-hybridized carbons (Fsp3) is 0.500. The summed E-state index contributed by atoms with van der Waals surface area (Å²) in [6.45, 7) is 0.850. The van der Waals surface area contributed by atoms with E-state index < -0.39 is 38.3 Å². The van der Waals surface area contributed by atoms with Gasteiger partial charge in [-0.15, -0.1) is 0 Å². The predicted molar refractivity (Wildman–Crippen MR) is 89.0 cm³/mol. The molecule has 2 aromatic heterocycles. The predicted octanol–water partition coefficient (Wildman–Crippen LogP) is -0.696. The van der Waals surface area contributed by atoms with Crippen molar-refractivity contribution in [2.24, 2.45) is 0 Å². The van der Waals surface area contributed by atoms with Crippen LogP contribution in [0.5, 0.6) is 0 Å². The highest BCUT2D eigenvalue weighted by Gasteiger charge is 2.57. The average Bonchev–Trinajstić information content (AvgIpc) is 3.16. The number of aromatic nitrogens is 3. The van der Waals surface area contributed by atoms with Gasteiger partial charge >= 0.3 is 7.82 Å². The minimum Gasteiger partial charge on any atom is -0.387 e. The number of hydrogen-bond acceptors (Lipinski definition) is 10. The summed E-state index contributed by atoms with van der Waals surface area (Å²) in [6, 6.07) is 4.84. The lowest BCUT2D eigenvalue weighted by Crippen LogP contribution is -2.41. The Morgan fingerprint density at radius 2 is 2.22 bits per heavy atom. The summed E-state index contributed by atoms with van der Waals surface area (Å²) in [5.41, 5.74) is 4.25. The van der Waals surface area contributed by atoms with Crippen LogP contribution in [0.25, 0.3) is 5.52 Å². The molecule has 12 nitrogen and oxygen atoms in total. The molecule has 5 N–H and O–H groups in total. The van der Waals surface area contributed by atoms with Gasteiger partial charge in [0, 0.05) is 0 Å². The number of fused-ring (bicyclic) bond motifs is 1. The molecule has 146 valence electrons. The van der Waals surface area contributed by atoms with E-state index in [0.717, 1.165) is 0 Å². The molecule has 3 heterocycles. The molecule has 0 spiro atoms. The average molecular weight is 399 g/mol. The SMILES string of the molecule is CCOP(=O)(O)OC[C@H]1O[C@@](C#N)(c2ccc3c(N)ncnn23)[C@H](O)[C@@H]1O. The minimum absolute atomic E-state index is 0.0656. The zero-order valence-corrected chi connectivity index (χ0v) is 15.1. The Morgan fingerprint density at radius 1 is 1.48 bits per heavy atom. The van der Waals surface area contributed by atoms with E-state index >= 15 is 0 Å². The Morgan fingerprint density at radius 3 is 2.89 bits per heavy atom. The molecule has 13 heteroatoms. The molecule has 1 unspecified atom stereocenters. The summed E-state index contributed by atoms with van der Waals surface area (Å²) >= 11 is 0. The van der Waals surface area contributed by atoms with E-state index in [1.807, 2.05) is 6.07 Å². The maximum absolute atomic E-state index is 11.6. The molecule has 0 aromatic carbocycles. The van der Waals surface area contributed by atoms with Crippen LogP contribution >= 0.6 is 7.82 Å². The minimum atomic E-state index is -4.35. The molecule has 0 amide bonds. The highest BCUT2D eigenvalue weighted by atomic mass is 31.2. The number of nitrogens with two attached hydrogens (primary N) is 1. The number of aliphatic hydroxyl groups is 2. The number of rotatable bonds is 6. The number of nitrogen functional groups attached to an aromatic ring is 1. The number of anilines is 1. The summed E-state index contributed by atoms with van der Waals surface area (Å²) < 4.78 is 27.8. The molecule has 27 heavy (non-hydrogen) atoms. The van der Waals surface area contributed by atoms with E-state index in [1.54, 1.807) is 0 Å². The molecular formula is C14H18N5O7P. The van der Waals surface area contributed by atoms with Crippen molar-refractivity contribution in [1.29, 1.82) is 5.26 Å². The summed E-state index contributed by atoms with van der Waals surface area (Å²) in [7, 11) is -4.35. The quantitative estimate of drug-likeness (QED) is 0.450. The maximum Gasteiger partial charge on any atom is 0.472 e. The van der Waals surface area contributed by atoms with E-state index in [-0.39, 0.29) is 18.1 Å². The molecule has 1 fully saturated rings. The number of hydrogen-bond donors (Lipinski definition) is 4. The first kappa shape index (κ1) is 19.7. The van der Waals surface area contributed by atoms with Crippen molar-refractivity contribution in [2.75, 3.05) is 18.9 Å². The van der Waals surface area contributed by atoms with E-state index in [1.165, 1.54) is 29.9 Å². The number of nitrogens with zero attached hydrogens (tertiary/aromatic N) is 4. The van der Waals surface area contributed by atoms with E-state index in [9.17, 15) is 24.9 Å². The van der Waals surface area contributed by atoms with Gasteiger partial charge in [-0.3, -0.25) is 9.05 Å². The second-order valence-corrected chi connectivity index (χ2v) is 7.24. The van der Waals surface area contributed by atoms with Gasteiger partial charge in [0.15, 0.2) is 5.82 Å². The van der Waals surface area contributed by atoms with Gasteiger partial charge < -0.3 is 25.6 Å². The molecule has 2 aromatic rings. The number of phosphoric ester groups is 1. The molecular weight excluding hydrogens is 381 g/mol. The Labute approximate surface area is 153 Å². The van der Waals surface area contributed by atoms with Gasteiger partial charge in [0.25, 0.3) is 0 Å². The summed E-state index contributed by atoms with van der Waals surface area (Å²) in [6.07, 6.45) is -3.36. The number of aliphatic hydroxyl groups excluding tert-OH is 2. The normalized spacial score (nSPS) is 30.3. The molecule has 0 aliphatic carbocycles. The standard InChI is InChI=1S/C14H18N5O7P/c1-2-24-27(22,23)25-5-9-11(20)12(21)14(6-15,26-9)10-4-3-8-13(16)17-7-18-19(8)10/h3-4,7,9,11-12,20-21H,2,5H2,1H3,(H,22,23)(H2,16,17,18)/t9-,11-,12-,14+/m1/s1. The molecule has 3 rings (SSSR count). The first-order valence-electron chi connectivity index (χ1n) is 7.91. The largest absolute Gasteiger partial charge is 0.472 e. The van der Waals surface area contributed by atoms with Crippen LogP contribution in [0, 0.1) is 11.3 Å². The molecule has 1 saturated heterocycles. The Bertz CT molecular complexity index is 930. The van der Waals surface area contributed by atoms with E-state index in [0.29, 0.717) is 5.52 Å². The first-order chi connectivity index (χ1) is 12.8. The second-order valence-electron chi connectivity index (χ2n) is 5.78. The zero-order chi connectivity index (χ0) is 19.8. The molecule has 1 aliphatic rings. The Balaban J connectivity index is 1.93. The highest BCUT2D eigenvalue weighted by molar-refractivity contribution is 7.47. The van der Waals surface area contributed by atoms with E-state index in [2.05, 4.69) is 14.6 Å². The van der Waals surface area contributed by atoms with Gasteiger partial charge in [0.05, 0.1) is 18.9 Å². The van der Waals surface area contributed by atoms with Crippen molar-refractivity contribution < 1.29 is 33.5 Å². The van der Waals surface area contributed by atoms with Crippen LogP contribution in [-0.4, -0.2) is 61.2 Å². The van der Waals surface area contributed by atoms with Gasteiger partial charge in [-0.1, -0.05) is 0 Å². The summed E-state index contributed by atoms with van der Waals surface area (Å²) in [5, 5.41) is 34.5. The van der Waals surface area contributed by atoms with E-state index in [4.69, 9.17) is 15.0 Å². The van der Waals surface area contributed by atoms with Crippen LogP contribution in [0.1, 0.15) is 12.6 Å². The van der Waals surface area contributed by atoms with Crippen LogP contribution < -0.4 is 5.73 Å². The van der Waals surface area contributed by atoms with Gasteiger partial charge in [-0.2, -0.15) is 10.4 Å². The lowest BCUT2D eigenvalue weighted by Gasteiger charge is -2.24. The fourth-order valence-electron chi connectivity index (χ4n) is 2.92. The third-order valence-electron chi connectivity index (χ3n) is 4.18. The van der Waals surface area contributed by atoms with Crippen molar-refractivity contribution in [1.82, 2.24) is 14.6 Å². The topological polar surface area (TPSA) is 185 Å². The van der Waals surface area contributed by atoms with Crippen LogP contribution in [0.4, 0.5) is 5.82 Å². The van der Waals surface area contributed by atoms with Crippen molar-refractivity contribution >= 4 is 19.2 Å². The van der Waals surface area contributed by atoms with Gasteiger partial charge in [-0.05, 0) is 19.1 Å². The molecule has 1 aliphatic heterocycles. The van der Waals surface area contributed by atoms with Gasteiger partial charge in [0.1, 0.15) is 36.2 Å². The van der Waals surface area contributed by atoms with Crippen molar-refractivity contribution in [2.45, 2.75) is 30.8 Å². The fourth-order valence-corrected chi connectivity index (χ4v) is 3.65. The van der Waals surface area contributed by atoms with Crippen LogP contribution in [0.15, 0.2) is 18.5 Å². The highest BCUT2D eigenvalue weighted by Crippen LogP contribution is 2.45. The van der Waals surface area contributed by atoms with Crippen molar-refractivity contribution in [3.63, 3.8) is 0 Å². The van der Waals surface area contributed by atoms with Crippen LogP contribution in [0.2, 0.25) is 0 Å². The third-order valence-corrected chi connectivity index (χ3v) is 5.24. The number of nitriles is 1. The summed E-state index contributed by atoms with van der Waals surface area (Å²) in [5.74, 6) is 0.148. The van der Waals surface area contributed by atoms with Crippen LogP contribution in [-0.2, 0) is 24.0 Å². The molecule has 0 radical (unpaired) electrons. The molecule has 5 atom stereocenters. The molecule has 0 saturated carbocycles. The van der Waals surface area contributed by atoms with Crippen molar-refractivity contribution in [3.8, 4) is 6.07 Å². The Kier molecular flexibility index (Phi) is 5.20. The lowest BCUT2D eigenvalue weighted by molar-refractivity contribution is -0.0642. The van der Waals surface area contributed by atoms with Gasteiger partial charge in [-0.25, -0.2) is 14.1 Å². The van der Waals surface area contributed by atoms with Crippen LogP contribution in [0.3, 0.4) is 0 Å². The van der Waals surface area contributed by atoms with Gasteiger partial charge in [0.2, 0.25) is 5.60 Å². The monoisotopic (exact) mass is 399 g/mol. The zero-order valence-electron chi connectivity index (χ0n) is 14.2. The first-order valence-corrected chi connectivity index (χ1v) is 9.41. The second kappa shape index (κ2) is 7.14. The molecule has 0 bridgehead atoms. The number of phosphoric acid groups is 1.